The van der Waals surface area contributed by atoms with E-state index in [0.29, 0.717) is 6.61 Å². The van der Waals surface area contributed by atoms with Crippen LogP contribution in [0.1, 0.15) is 56.9 Å². The van der Waals surface area contributed by atoms with Crippen molar-refractivity contribution in [3.05, 3.63) is 23.1 Å². The van der Waals surface area contributed by atoms with Gasteiger partial charge in [-0.3, -0.25) is 0 Å². The second kappa shape index (κ2) is 6.38. The van der Waals surface area contributed by atoms with E-state index in [2.05, 4.69) is 30.7 Å². The molecular formula is C21H26N4OS. The Bertz CT molecular complexity index is 1020. The maximum Gasteiger partial charge on any atom is 0.150 e. The number of nitrogens with zero attached hydrogens (tertiary/aromatic N) is 4. The Morgan fingerprint density at radius 2 is 1.96 bits per heavy atom. The monoisotopic (exact) mass is 382 g/mol. The molecule has 142 valence electrons. The molecule has 0 saturated carbocycles. The van der Waals surface area contributed by atoms with Crippen molar-refractivity contribution in [2.45, 2.75) is 65.1 Å². The van der Waals surface area contributed by atoms with E-state index in [0.717, 1.165) is 42.1 Å². The molecule has 0 unspecified atom stereocenters. The Kier molecular flexibility index (Phi) is 4.09. The van der Waals surface area contributed by atoms with Gasteiger partial charge in [0.25, 0.3) is 0 Å². The average Bonchev–Trinajstić information content (AvgIpc) is 3.05. The topological polar surface area (TPSA) is 51.1 Å². The lowest BCUT2D eigenvalue weighted by molar-refractivity contribution is -0.0401. The summed E-state index contributed by atoms with van der Waals surface area (Å²) in [5.41, 5.74) is 4.77. The van der Waals surface area contributed by atoms with Crippen LogP contribution in [-0.2, 0) is 24.2 Å². The summed E-state index contributed by atoms with van der Waals surface area (Å²) in [6.07, 6.45) is 7.39. The lowest BCUT2D eigenvalue weighted by atomic mass is 9.89. The van der Waals surface area contributed by atoms with Crippen molar-refractivity contribution in [1.82, 2.24) is 15.0 Å². The van der Waals surface area contributed by atoms with E-state index in [4.69, 9.17) is 14.7 Å². The number of hydrogen-bond donors (Lipinski definition) is 0. The maximum absolute atomic E-state index is 6.11. The van der Waals surface area contributed by atoms with Gasteiger partial charge in [-0.15, -0.1) is 11.3 Å². The number of pyridine rings is 1. The summed E-state index contributed by atoms with van der Waals surface area (Å²) in [6, 6.07) is 0. The first kappa shape index (κ1) is 17.3. The van der Waals surface area contributed by atoms with Crippen LogP contribution in [0.2, 0.25) is 0 Å². The number of anilines is 1. The Labute approximate surface area is 163 Å². The molecule has 2 aliphatic heterocycles. The van der Waals surface area contributed by atoms with Crippen molar-refractivity contribution in [1.29, 1.82) is 0 Å². The lowest BCUT2D eigenvalue weighted by Crippen LogP contribution is -2.32. The number of aryl methyl sites for hydroxylation is 1. The predicted octanol–water partition coefficient (Wildman–Crippen LogP) is 4.64. The molecule has 0 amide bonds. The van der Waals surface area contributed by atoms with Crippen molar-refractivity contribution in [3.8, 4) is 0 Å². The first-order valence-electron chi connectivity index (χ1n) is 10.0. The number of aromatic nitrogens is 3. The van der Waals surface area contributed by atoms with Crippen LogP contribution in [0.5, 0.6) is 0 Å². The fourth-order valence-electron chi connectivity index (χ4n) is 4.48. The third-order valence-corrected chi connectivity index (χ3v) is 6.95. The van der Waals surface area contributed by atoms with Crippen molar-refractivity contribution in [3.63, 3.8) is 0 Å². The molecule has 0 atom stereocenters. The van der Waals surface area contributed by atoms with E-state index in [-0.39, 0.29) is 5.60 Å². The molecule has 0 aliphatic carbocycles. The molecule has 5 heterocycles. The average molecular weight is 383 g/mol. The van der Waals surface area contributed by atoms with Crippen LogP contribution in [0.3, 0.4) is 0 Å². The van der Waals surface area contributed by atoms with Gasteiger partial charge in [0.15, 0.2) is 0 Å². The summed E-state index contributed by atoms with van der Waals surface area (Å²) in [5, 5.41) is 1.24. The second-order valence-corrected chi connectivity index (χ2v) is 9.30. The van der Waals surface area contributed by atoms with Crippen LogP contribution < -0.4 is 4.90 Å². The normalized spacial score (nSPS) is 19.6. The van der Waals surface area contributed by atoms with Gasteiger partial charge < -0.3 is 9.64 Å². The van der Waals surface area contributed by atoms with E-state index in [1.54, 1.807) is 17.7 Å². The molecule has 0 spiro atoms. The van der Waals surface area contributed by atoms with Crippen LogP contribution in [0, 0.1) is 0 Å². The number of rotatable bonds is 2. The molecule has 3 aromatic rings. The summed E-state index contributed by atoms with van der Waals surface area (Å²) < 4.78 is 7.31. The van der Waals surface area contributed by atoms with Crippen LogP contribution in [0.15, 0.2) is 6.33 Å². The SMILES string of the molecule is CCc1nc2sc3c(N4CCCCC4)ncnc3c2c2c1COC(C)(C)C2. The number of thiophene rings is 1. The van der Waals surface area contributed by atoms with Crippen LogP contribution in [0.4, 0.5) is 5.82 Å². The number of fused-ring (bicyclic) bond motifs is 5. The van der Waals surface area contributed by atoms with E-state index < -0.39 is 0 Å². The molecule has 3 aromatic heterocycles. The fourth-order valence-corrected chi connectivity index (χ4v) is 5.68. The van der Waals surface area contributed by atoms with Crippen molar-refractivity contribution >= 4 is 37.6 Å². The molecule has 0 aromatic carbocycles. The van der Waals surface area contributed by atoms with Crippen molar-refractivity contribution < 1.29 is 4.74 Å². The predicted molar refractivity (Wildman–Crippen MR) is 111 cm³/mol. The highest BCUT2D eigenvalue weighted by molar-refractivity contribution is 7.26. The maximum atomic E-state index is 6.11. The first-order chi connectivity index (χ1) is 13.1. The second-order valence-electron chi connectivity index (χ2n) is 8.30. The first-order valence-corrected chi connectivity index (χ1v) is 10.9. The molecule has 1 fully saturated rings. The Morgan fingerprint density at radius 1 is 1.15 bits per heavy atom. The molecule has 5 rings (SSSR count). The number of hydrogen-bond acceptors (Lipinski definition) is 6. The van der Waals surface area contributed by atoms with Gasteiger partial charge in [0.2, 0.25) is 0 Å². The minimum absolute atomic E-state index is 0.150. The van der Waals surface area contributed by atoms with Gasteiger partial charge in [0.1, 0.15) is 17.0 Å². The quantitative estimate of drug-likeness (QED) is 0.646. The number of ether oxygens (including phenoxy) is 1. The molecule has 0 radical (unpaired) electrons. The van der Waals surface area contributed by atoms with Gasteiger partial charge in [-0.1, -0.05) is 6.92 Å². The fraction of sp³-hybridized carbons (Fsp3) is 0.571. The van der Waals surface area contributed by atoms with Gasteiger partial charge in [-0.2, -0.15) is 0 Å². The minimum Gasteiger partial charge on any atom is -0.370 e. The standard InChI is InChI=1S/C21H26N4OS/c1-4-15-14-11-26-21(2,3)10-13(14)16-17-18(27-20(16)24-15)19(23-12-22-17)25-8-6-5-7-9-25/h12H,4-11H2,1-3H3. The van der Waals surface area contributed by atoms with Crippen LogP contribution in [-0.4, -0.2) is 33.6 Å². The molecule has 1 saturated heterocycles. The summed E-state index contributed by atoms with van der Waals surface area (Å²) in [7, 11) is 0. The van der Waals surface area contributed by atoms with E-state index in [1.807, 2.05) is 0 Å². The van der Waals surface area contributed by atoms with Gasteiger partial charge >= 0.3 is 0 Å². The number of piperidine rings is 1. The molecule has 6 heteroatoms. The highest BCUT2D eigenvalue weighted by atomic mass is 32.1. The summed E-state index contributed by atoms with van der Waals surface area (Å²) in [6.45, 7) is 9.36. The van der Waals surface area contributed by atoms with Crippen LogP contribution >= 0.6 is 11.3 Å². The lowest BCUT2D eigenvalue weighted by Gasteiger charge is -2.33. The van der Waals surface area contributed by atoms with E-state index in [1.165, 1.54) is 46.2 Å². The van der Waals surface area contributed by atoms with E-state index >= 15 is 0 Å². The zero-order chi connectivity index (χ0) is 18.6. The van der Waals surface area contributed by atoms with Gasteiger partial charge in [0, 0.05) is 36.2 Å². The summed E-state index contributed by atoms with van der Waals surface area (Å²) in [5.74, 6) is 1.10. The van der Waals surface area contributed by atoms with Crippen LogP contribution in [0.25, 0.3) is 20.4 Å². The third kappa shape index (κ3) is 2.81. The van der Waals surface area contributed by atoms with Crippen molar-refractivity contribution in [2.75, 3.05) is 18.0 Å². The smallest absolute Gasteiger partial charge is 0.150 e. The van der Waals surface area contributed by atoms with Gasteiger partial charge in [-0.25, -0.2) is 15.0 Å². The zero-order valence-corrected chi connectivity index (χ0v) is 17.2. The molecule has 0 N–H and O–H groups in total. The zero-order valence-electron chi connectivity index (χ0n) is 16.3. The Balaban J connectivity index is 1.78. The van der Waals surface area contributed by atoms with E-state index in [9.17, 15) is 0 Å². The van der Waals surface area contributed by atoms with Crippen molar-refractivity contribution in [2.24, 2.45) is 0 Å². The summed E-state index contributed by atoms with van der Waals surface area (Å²) in [4.78, 5) is 18.0. The summed E-state index contributed by atoms with van der Waals surface area (Å²) >= 11 is 1.77. The molecule has 2 aliphatic rings. The highest BCUT2D eigenvalue weighted by Crippen LogP contribution is 2.43. The largest absolute Gasteiger partial charge is 0.370 e. The van der Waals surface area contributed by atoms with Gasteiger partial charge in [-0.05, 0) is 45.1 Å². The van der Waals surface area contributed by atoms with Gasteiger partial charge in [0.05, 0.1) is 22.4 Å². The Hall–Kier alpha value is -1.79. The minimum atomic E-state index is -0.150. The molecule has 0 bridgehead atoms. The molecule has 27 heavy (non-hydrogen) atoms. The molecular weight excluding hydrogens is 356 g/mol. The highest BCUT2D eigenvalue weighted by Gasteiger charge is 2.31. The molecule has 5 nitrogen and oxygen atoms in total. The Morgan fingerprint density at radius 3 is 2.74 bits per heavy atom. The third-order valence-electron chi connectivity index (χ3n) is 5.89.